The lowest BCUT2D eigenvalue weighted by Crippen LogP contribution is -2.39. The summed E-state index contributed by atoms with van der Waals surface area (Å²) in [5.74, 6) is 0. The molecule has 0 amide bonds. The number of hydrogen-bond acceptors (Lipinski definition) is 2. The highest BCUT2D eigenvalue weighted by atomic mass is 15.2. The van der Waals surface area contributed by atoms with Crippen LogP contribution in [0.25, 0.3) is 92.2 Å². The molecule has 11 aromatic carbocycles. The maximum atomic E-state index is 4.02. The van der Waals surface area contributed by atoms with Crippen LogP contribution in [0.1, 0.15) is 28.9 Å². The first-order valence-corrected chi connectivity index (χ1v) is 20.2. The van der Waals surface area contributed by atoms with E-state index in [4.69, 9.17) is 0 Å². The molecule has 11 aromatic rings. The van der Waals surface area contributed by atoms with E-state index in [-0.39, 0.29) is 12.2 Å². The van der Waals surface area contributed by atoms with Gasteiger partial charge in [-0.05, 0) is 116 Å². The molecule has 0 saturated heterocycles. The smallest absolute Gasteiger partial charge is 0.104 e. The summed E-state index contributed by atoms with van der Waals surface area (Å²) >= 11 is 0. The topological polar surface area (TPSA) is 24.1 Å². The maximum Gasteiger partial charge on any atom is 0.104 e. The first kappa shape index (κ1) is 32.9. The third-order valence-electron chi connectivity index (χ3n) is 12.5. The summed E-state index contributed by atoms with van der Waals surface area (Å²) < 4.78 is 0. The Morgan fingerprint density at radius 2 is 0.914 bits per heavy atom. The fourth-order valence-corrected chi connectivity index (χ4v) is 9.80. The van der Waals surface area contributed by atoms with Gasteiger partial charge in [-0.15, -0.1) is 0 Å². The normalized spacial score (nSPS) is 15.8. The molecule has 2 N–H and O–H groups in total. The molecule has 1 aliphatic rings. The van der Waals surface area contributed by atoms with Crippen LogP contribution < -0.4 is 10.6 Å². The second-order valence-corrected chi connectivity index (χ2v) is 15.7. The van der Waals surface area contributed by atoms with Crippen molar-refractivity contribution in [1.29, 1.82) is 0 Å². The highest BCUT2D eigenvalue weighted by Crippen LogP contribution is 2.44. The molecular weight excluding hydrogens is 701 g/mol. The SMILES string of the molecule is C1=C(c2cc3c4ccccc4c4ccccc4c3c3ccccc23)NC(c2ccc(-c3c4ccccc4cc4c3ccc3ccccc34)cc2)NC1c1ccccc1. The Morgan fingerprint density at radius 1 is 0.345 bits per heavy atom. The van der Waals surface area contributed by atoms with Gasteiger partial charge in [-0.25, -0.2) is 0 Å². The summed E-state index contributed by atoms with van der Waals surface area (Å²) in [7, 11) is 0. The first-order chi connectivity index (χ1) is 28.8. The van der Waals surface area contributed by atoms with Crippen LogP contribution in [-0.4, -0.2) is 0 Å². The molecule has 1 aliphatic heterocycles. The summed E-state index contributed by atoms with van der Waals surface area (Å²) in [6, 6.07) is 73.6. The van der Waals surface area contributed by atoms with Crippen LogP contribution in [-0.2, 0) is 0 Å². The second kappa shape index (κ2) is 13.2. The minimum atomic E-state index is -0.129. The van der Waals surface area contributed by atoms with Crippen molar-refractivity contribution in [3.05, 3.63) is 223 Å². The van der Waals surface area contributed by atoms with E-state index in [1.807, 2.05) is 0 Å². The standard InChI is InChI=1S/C56H38N2/c1-2-15-36(16-3-1)52-34-53(50-33-51-44-22-9-8-20-42(44)43-21-10-12-24-46(43)55(51)47-25-13-11-23-45(47)50)58-56(57-52)38-28-26-37(27-29-38)54-41-19-7-5-17-39(41)32-49-40-18-6-4-14-35(40)30-31-48(49)54/h1-34,52,56-58H. The molecule has 0 spiro atoms. The van der Waals surface area contributed by atoms with Crippen LogP contribution in [0.15, 0.2) is 206 Å². The van der Waals surface area contributed by atoms with Crippen molar-refractivity contribution in [2.45, 2.75) is 12.2 Å². The van der Waals surface area contributed by atoms with Gasteiger partial charge in [0.15, 0.2) is 0 Å². The molecule has 0 radical (unpaired) electrons. The Bertz CT molecular complexity index is 3450. The molecule has 0 saturated carbocycles. The lowest BCUT2D eigenvalue weighted by atomic mass is 9.87. The Morgan fingerprint density at radius 3 is 1.66 bits per heavy atom. The van der Waals surface area contributed by atoms with Gasteiger partial charge in [0.25, 0.3) is 0 Å². The van der Waals surface area contributed by atoms with Crippen molar-refractivity contribution in [3.63, 3.8) is 0 Å². The number of fused-ring (bicyclic) bond motifs is 12. The van der Waals surface area contributed by atoms with Crippen LogP contribution in [0.3, 0.4) is 0 Å². The molecular formula is C56H38N2. The summed E-state index contributed by atoms with van der Waals surface area (Å²) in [4.78, 5) is 0. The Balaban J connectivity index is 1.02. The molecule has 0 aliphatic carbocycles. The van der Waals surface area contributed by atoms with E-state index >= 15 is 0 Å². The lowest BCUT2D eigenvalue weighted by Gasteiger charge is -2.34. The van der Waals surface area contributed by atoms with E-state index in [1.165, 1.54) is 103 Å². The molecule has 2 heteroatoms. The van der Waals surface area contributed by atoms with E-state index in [2.05, 4.69) is 217 Å². The fraction of sp³-hybridized carbons (Fsp3) is 0.0357. The molecule has 0 aromatic heterocycles. The van der Waals surface area contributed by atoms with Gasteiger partial charge in [-0.2, -0.15) is 0 Å². The number of hydrogen-bond donors (Lipinski definition) is 2. The first-order valence-electron chi connectivity index (χ1n) is 20.2. The zero-order chi connectivity index (χ0) is 38.2. The zero-order valence-corrected chi connectivity index (χ0v) is 31.8. The van der Waals surface area contributed by atoms with Crippen molar-refractivity contribution in [2.24, 2.45) is 0 Å². The monoisotopic (exact) mass is 738 g/mol. The molecule has 2 atom stereocenters. The van der Waals surface area contributed by atoms with Crippen molar-refractivity contribution >= 4 is 81.1 Å². The summed E-state index contributed by atoms with van der Waals surface area (Å²) in [5.41, 5.74) is 7.25. The van der Waals surface area contributed by atoms with E-state index < -0.39 is 0 Å². The minimum Gasteiger partial charge on any atom is -0.366 e. The van der Waals surface area contributed by atoms with Gasteiger partial charge in [-0.1, -0.05) is 188 Å². The van der Waals surface area contributed by atoms with Gasteiger partial charge in [0, 0.05) is 11.3 Å². The van der Waals surface area contributed by atoms with Crippen molar-refractivity contribution < 1.29 is 0 Å². The number of benzene rings is 11. The van der Waals surface area contributed by atoms with Gasteiger partial charge >= 0.3 is 0 Å². The van der Waals surface area contributed by atoms with Crippen molar-refractivity contribution in [1.82, 2.24) is 10.6 Å². The molecule has 0 bridgehead atoms. The molecule has 58 heavy (non-hydrogen) atoms. The number of rotatable bonds is 4. The van der Waals surface area contributed by atoms with Crippen molar-refractivity contribution in [3.8, 4) is 11.1 Å². The van der Waals surface area contributed by atoms with Gasteiger partial charge in [0.2, 0.25) is 0 Å². The predicted octanol–water partition coefficient (Wildman–Crippen LogP) is 14.4. The highest BCUT2D eigenvalue weighted by Gasteiger charge is 2.26. The summed E-state index contributed by atoms with van der Waals surface area (Å²) in [6.45, 7) is 0. The third kappa shape index (κ3) is 5.16. The number of nitrogens with one attached hydrogen (secondary N) is 2. The van der Waals surface area contributed by atoms with Gasteiger partial charge < -0.3 is 5.32 Å². The van der Waals surface area contributed by atoms with Gasteiger partial charge in [0.05, 0.1) is 6.04 Å². The van der Waals surface area contributed by atoms with Crippen LogP contribution >= 0.6 is 0 Å². The predicted molar refractivity (Wildman–Crippen MR) is 247 cm³/mol. The minimum absolute atomic E-state index is 0.000208. The molecule has 2 unspecified atom stereocenters. The maximum absolute atomic E-state index is 4.02. The lowest BCUT2D eigenvalue weighted by molar-refractivity contribution is 0.443. The zero-order valence-electron chi connectivity index (χ0n) is 31.8. The van der Waals surface area contributed by atoms with Crippen LogP contribution in [0.4, 0.5) is 0 Å². The quantitative estimate of drug-likeness (QED) is 0.139. The second-order valence-electron chi connectivity index (χ2n) is 15.7. The van der Waals surface area contributed by atoms with Gasteiger partial charge in [0.1, 0.15) is 6.17 Å². The van der Waals surface area contributed by atoms with E-state index in [9.17, 15) is 0 Å². The molecule has 272 valence electrons. The third-order valence-corrected chi connectivity index (χ3v) is 12.5. The fourth-order valence-electron chi connectivity index (χ4n) is 9.80. The van der Waals surface area contributed by atoms with E-state index in [1.54, 1.807) is 0 Å². The molecule has 1 heterocycles. The average molecular weight is 739 g/mol. The Kier molecular flexibility index (Phi) is 7.47. The largest absolute Gasteiger partial charge is 0.366 e. The van der Waals surface area contributed by atoms with Crippen molar-refractivity contribution in [2.75, 3.05) is 0 Å². The van der Waals surface area contributed by atoms with Crippen LogP contribution in [0.5, 0.6) is 0 Å². The van der Waals surface area contributed by atoms with Crippen LogP contribution in [0, 0.1) is 0 Å². The average Bonchev–Trinajstić information content (AvgIpc) is 3.30. The molecule has 12 rings (SSSR count). The molecule has 2 nitrogen and oxygen atoms in total. The summed E-state index contributed by atoms with van der Waals surface area (Å²) in [5, 5.41) is 25.9. The van der Waals surface area contributed by atoms with E-state index in [0.717, 1.165) is 5.70 Å². The summed E-state index contributed by atoms with van der Waals surface area (Å²) in [6.07, 6.45) is 2.25. The van der Waals surface area contributed by atoms with Gasteiger partial charge in [-0.3, -0.25) is 5.32 Å². The van der Waals surface area contributed by atoms with Crippen LogP contribution in [0.2, 0.25) is 0 Å². The molecule has 0 fully saturated rings. The Hall–Kier alpha value is -7.26. The Labute approximate surface area is 336 Å². The van der Waals surface area contributed by atoms with E-state index in [0.29, 0.717) is 0 Å². The highest BCUT2D eigenvalue weighted by molar-refractivity contribution is 6.32.